The number of nitrogens with zero attached hydrogens (tertiary/aromatic N) is 4. The maximum Gasteiger partial charge on any atom is 0.198 e. The van der Waals surface area contributed by atoms with E-state index in [1.807, 2.05) is 35.1 Å². The molecular weight excluding hydrogens is 268 g/mol. The summed E-state index contributed by atoms with van der Waals surface area (Å²) in [6.07, 6.45) is 5.49. The van der Waals surface area contributed by atoms with Gasteiger partial charge < -0.3 is 0 Å². The van der Waals surface area contributed by atoms with E-state index in [1.54, 1.807) is 18.0 Å². The molecule has 0 atom stereocenters. The second-order valence-electron chi connectivity index (χ2n) is 3.64. The second kappa shape index (κ2) is 4.59. The Kier molecular flexibility index (Phi) is 2.93. The molecule has 2 aromatic heterocycles. The highest BCUT2D eigenvalue weighted by atomic mass is 35.5. The van der Waals surface area contributed by atoms with Gasteiger partial charge in [-0.15, -0.1) is 22.0 Å². The lowest BCUT2D eigenvalue weighted by atomic mass is 10.2. The van der Waals surface area contributed by atoms with Crippen molar-refractivity contribution in [3.63, 3.8) is 0 Å². The second-order valence-corrected chi connectivity index (χ2v) is 4.84. The molecule has 0 saturated carbocycles. The predicted molar refractivity (Wildman–Crippen MR) is 73.0 cm³/mol. The molecule has 0 aliphatic carbocycles. The minimum atomic E-state index is 0.359. The van der Waals surface area contributed by atoms with Crippen LogP contribution in [0.15, 0.2) is 41.6 Å². The summed E-state index contributed by atoms with van der Waals surface area (Å²) in [6, 6.07) is 8.08. The van der Waals surface area contributed by atoms with Crippen LogP contribution in [0.3, 0.4) is 0 Å². The van der Waals surface area contributed by atoms with Crippen molar-refractivity contribution in [1.29, 1.82) is 0 Å². The summed E-state index contributed by atoms with van der Waals surface area (Å²) in [5.41, 5.74) is 1.62. The standard InChI is InChI=1S/C12H9ClN4S/c1-18-9-5-3-2-4-8(9)11-15-16-12-10(13)14-6-7-17(11)12/h2-7H,1H3. The third-order valence-electron chi connectivity index (χ3n) is 2.63. The van der Waals surface area contributed by atoms with E-state index in [9.17, 15) is 0 Å². The fraction of sp³-hybridized carbons (Fsp3) is 0.0833. The highest BCUT2D eigenvalue weighted by Crippen LogP contribution is 2.29. The van der Waals surface area contributed by atoms with Crippen molar-refractivity contribution in [2.24, 2.45) is 0 Å². The monoisotopic (exact) mass is 276 g/mol. The third kappa shape index (κ3) is 1.76. The van der Waals surface area contributed by atoms with Crippen LogP contribution in [0, 0.1) is 0 Å². The van der Waals surface area contributed by atoms with Crippen LogP contribution < -0.4 is 0 Å². The minimum absolute atomic E-state index is 0.359. The van der Waals surface area contributed by atoms with Crippen LogP contribution in [-0.4, -0.2) is 25.8 Å². The minimum Gasteiger partial charge on any atom is -0.278 e. The molecule has 0 spiro atoms. The van der Waals surface area contributed by atoms with E-state index in [0.29, 0.717) is 10.8 Å². The van der Waals surface area contributed by atoms with Crippen LogP contribution in [0.4, 0.5) is 0 Å². The first kappa shape index (κ1) is 11.5. The Hall–Kier alpha value is -1.59. The molecule has 0 unspecified atom stereocenters. The molecule has 90 valence electrons. The Balaban J connectivity index is 2.29. The number of hydrogen-bond donors (Lipinski definition) is 0. The van der Waals surface area contributed by atoms with Crippen LogP contribution in [0.2, 0.25) is 5.15 Å². The molecular formula is C12H9ClN4S. The molecule has 2 heterocycles. The van der Waals surface area contributed by atoms with Crippen molar-refractivity contribution in [3.8, 4) is 11.4 Å². The lowest BCUT2D eigenvalue weighted by Crippen LogP contribution is -1.92. The van der Waals surface area contributed by atoms with Gasteiger partial charge >= 0.3 is 0 Å². The van der Waals surface area contributed by atoms with Gasteiger partial charge in [0.1, 0.15) is 0 Å². The molecule has 0 fully saturated rings. The zero-order valence-corrected chi connectivity index (χ0v) is 11.1. The molecule has 6 heteroatoms. The summed E-state index contributed by atoms with van der Waals surface area (Å²) in [4.78, 5) is 5.15. The van der Waals surface area contributed by atoms with E-state index in [2.05, 4.69) is 21.2 Å². The zero-order valence-electron chi connectivity index (χ0n) is 9.54. The Labute approximate surface area is 113 Å². The number of benzene rings is 1. The van der Waals surface area contributed by atoms with E-state index < -0.39 is 0 Å². The van der Waals surface area contributed by atoms with Gasteiger partial charge in [0.2, 0.25) is 0 Å². The average molecular weight is 277 g/mol. The van der Waals surface area contributed by atoms with Gasteiger partial charge in [-0.25, -0.2) is 4.98 Å². The van der Waals surface area contributed by atoms with Gasteiger partial charge in [-0.3, -0.25) is 4.40 Å². The van der Waals surface area contributed by atoms with Crippen LogP contribution in [-0.2, 0) is 0 Å². The first-order valence-electron chi connectivity index (χ1n) is 5.30. The lowest BCUT2D eigenvalue weighted by Gasteiger charge is -2.05. The molecule has 0 radical (unpaired) electrons. The summed E-state index contributed by atoms with van der Waals surface area (Å²) >= 11 is 7.67. The van der Waals surface area contributed by atoms with Gasteiger partial charge in [0.25, 0.3) is 0 Å². The van der Waals surface area contributed by atoms with Crippen molar-refractivity contribution in [1.82, 2.24) is 19.6 Å². The van der Waals surface area contributed by atoms with Crippen LogP contribution in [0.1, 0.15) is 0 Å². The van der Waals surface area contributed by atoms with Gasteiger partial charge in [0, 0.05) is 22.9 Å². The summed E-state index contributed by atoms with van der Waals surface area (Å²) in [5, 5.41) is 8.65. The normalized spacial score (nSPS) is 11.0. The Morgan fingerprint density at radius 2 is 2.06 bits per heavy atom. The topological polar surface area (TPSA) is 43.1 Å². The quantitative estimate of drug-likeness (QED) is 0.674. The summed E-state index contributed by atoms with van der Waals surface area (Å²) in [7, 11) is 0. The van der Waals surface area contributed by atoms with E-state index in [4.69, 9.17) is 11.6 Å². The van der Waals surface area contributed by atoms with Crippen LogP contribution in [0.25, 0.3) is 17.0 Å². The van der Waals surface area contributed by atoms with E-state index in [-0.39, 0.29) is 0 Å². The average Bonchev–Trinajstić information content (AvgIpc) is 2.84. The fourth-order valence-electron chi connectivity index (χ4n) is 1.81. The molecule has 0 amide bonds. The molecule has 0 saturated heterocycles. The van der Waals surface area contributed by atoms with Gasteiger partial charge in [0.05, 0.1) is 0 Å². The molecule has 0 N–H and O–H groups in total. The van der Waals surface area contributed by atoms with Crippen molar-refractivity contribution >= 4 is 29.0 Å². The first-order chi connectivity index (χ1) is 8.81. The van der Waals surface area contributed by atoms with Crippen molar-refractivity contribution in [2.75, 3.05) is 6.26 Å². The third-order valence-corrected chi connectivity index (χ3v) is 3.69. The van der Waals surface area contributed by atoms with Crippen LogP contribution in [0.5, 0.6) is 0 Å². The van der Waals surface area contributed by atoms with Crippen molar-refractivity contribution in [3.05, 3.63) is 41.8 Å². The Morgan fingerprint density at radius 1 is 1.22 bits per heavy atom. The van der Waals surface area contributed by atoms with E-state index in [1.165, 1.54) is 0 Å². The SMILES string of the molecule is CSc1ccccc1-c1nnc2c(Cl)nccn12. The molecule has 1 aromatic carbocycles. The van der Waals surface area contributed by atoms with Crippen LogP contribution >= 0.6 is 23.4 Å². The van der Waals surface area contributed by atoms with Gasteiger partial charge in [-0.2, -0.15) is 0 Å². The largest absolute Gasteiger partial charge is 0.278 e. The smallest absolute Gasteiger partial charge is 0.198 e. The summed E-state index contributed by atoms with van der Waals surface area (Å²) in [6.45, 7) is 0. The Morgan fingerprint density at radius 3 is 2.89 bits per heavy atom. The number of hydrogen-bond acceptors (Lipinski definition) is 4. The molecule has 18 heavy (non-hydrogen) atoms. The van der Waals surface area contributed by atoms with Gasteiger partial charge in [-0.1, -0.05) is 29.8 Å². The van der Waals surface area contributed by atoms with Gasteiger partial charge in [0.15, 0.2) is 16.6 Å². The van der Waals surface area contributed by atoms with Crippen molar-refractivity contribution in [2.45, 2.75) is 4.90 Å². The fourth-order valence-corrected chi connectivity index (χ4v) is 2.59. The first-order valence-corrected chi connectivity index (χ1v) is 6.90. The zero-order chi connectivity index (χ0) is 12.5. The molecule has 4 nitrogen and oxygen atoms in total. The molecule has 0 aliphatic rings. The molecule has 3 rings (SSSR count). The molecule has 3 aromatic rings. The maximum absolute atomic E-state index is 5.99. The highest BCUT2D eigenvalue weighted by molar-refractivity contribution is 7.98. The van der Waals surface area contributed by atoms with Crippen molar-refractivity contribution < 1.29 is 0 Å². The summed E-state index contributed by atoms with van der Waals surface area (Å²) in [5.74, 6) is 0.777. The van der Waals surface area contributed by atoms with Gasteiger partial charge in [-0.05, 0) is 12.3 Å². The molecule has 0 bridgehead atoms. The number of aromatic nitrogens is 4. The van der Waals surface area contributed by atoms with E-state index >= 15 is 0 Å². The number of rotatable bonds is 2. The number of fused-ring (bicyclic) bond motifs is 1. The number of halogens is 1. The highest BCUT2D eigenvalue weighted by Gasteiger charge is 2.13. The summed E-state index contributed by atoms with van der Waals surface area (Å²) < 4.78 is 1.85. The van der Waals surface area contributed by atoms with E-state index in [0.717, 1.165) is 16.3 Å². The Bertz CT molecular complexity index is 710. The lowest BCUT2D eigenvalue weighted by molar-refractivity contribution is 1.10. The maximum atomic E-state index is 5.99. The predicted octanol–water partition coefficient (Wildman–Crippen LogP) is 3.17. The molecule has 0 aliphatic heterocycles. The number of thioether (sulfide) groups is 1.